The molecule has 0 aromatic heterocycles. The number of fused-ring (bicyclic) bond motifs is 1. The van der Waals surface area contributed by atoms with Gasteiger partial charge in [-0.05, 0) is 43.4 Å². The van der Waals surface area contributed by atoms with Crippen molar-refractivity contribution in [1.82, 2.24) is 5.32 Å². The Morgan fingerprint density at radius 2 is 2.29 bits per heavy atom. The number of hydrogen-bond acceptors (Lipinski definition) is 1. The fourth-order valence-electron chi connectivity index (χ4n) is 2.85. The average Bonchev–Trinajstić information content (AvgIpc) is 2.31. The fraction of sp³-hybridized carbons (Fsp3) is 0.500. The van der Waals surface area contributed by atoms with Crippen molar-refractivity contribution >= 4 is 0 Å². The molecule has 0 aliphatic heterocycles. The molecule has 1 aliphatic carbocycles. The van der Waals surface area contributed by atoms with Gasteiger partial charge < -0.3 is 5.32 Å². The smallest absolute Gasteiger partial charge is 0.0139 e. The molecule has 0 bridgehead atoms. The summed E-state index contributed by atoms with van der Waals surface area (Å²) in [7, 11) is 0. The number of allylic oxidation sites excluding steroid dienone is 1. The van der Waals surface area contributed by atoms with Gasteiger partial charge >= 0.3 is 0 Å². The van der Waals surface area contributed by atoms with Crippen LogP contribution in [0.1, 0.15) is 43.2 Å². The lowest BCUT2D eigenvalue weighted by Crippen LogP contribution is -2.39. The first-order chi connectivity index (χ1) is 8.36. The van der Waals surface area contributed by atoms with Crippen LogP contribution in [0.25, 0.3) is 0 Å². The molecule has 0 fully saturated rings. The first-order valence-corrected chi connectivity index (χ1v) is 6.79. The molecule has 0 saturated heterocycles. The molecule has 2 unspecified atom stereocenters. The number of benzene rings is 1. The minimum atomic E-state index is 0.648. The van der Waals surface area contributed by atoms with E-state index in [1.165, 1.54) is 19.3 Å². The molecule has 0 radical (unpaired) electrons. The number of hydrogen-bond donors (Lipinski definition) is 1. The molecule has 1 aliphatic rings. The molecule has 2 atom stereocenters. The minimum Gasteiger partial charge on any atom is -0.314 e. The van der Waals surface area contributed by atoms with E-state index in [-0.39, 0.29) is 0 Å². The van der Waals surface area contributed by atoms with Gasteiger partial charge in [-0.25, -0.2) is 0 Å². The van der Waals surface area contributed by atoms with E-state index in [0.29, 0.717) is 6.04 Å². The van der Waals surface area contributed by atoms with Crippen LogP contribution in [-0.2, 0) is 6.42 Å². The Morgan fingerprint density at radius 3 is 3.00 bits per heavy atom. The zero-order valence-corrected chi connectivity index (χ0v) is 10.8. The summed E-state index contributed by atoms with van der Waals surface area (Å²) in [6.07, 6.45) is 6.93. The van der Waals surface area contributed by atoms with Crippen molar-refractivity contribution in [3.63, 3.8) is 0 Å². The van der Waals surface area contributed by atoms with Gasteiger partial charge in [0, 0.05) is 12.0 Å². The average molecular weight is 229 g/mol. The van der Waals surface area contributed by atoms with Crippen molar-refractivity contribution in [2.45, 2.75) is 44.6 Å². The lowest BCUT2D eigenvalue weighted by Gasteiger charge is -2.37. The molecule has 0 heterocycles. The second-order valence-corrected chi connectivity index (χ2v) is 4.89. The van der Waals surface area contributed by atoms with Gasteiger partial charge in [0.25, 0.3) is 0 Å². The molecule has 92 valence electrons. The Labute approximate surface area is 105 Å². The van der Waals surface area contributed by atoms with E-state index in [4.69, 9.17) is 0 Å². The SMILES string of the molecule is C=CCCCC(NCC)C1Cc2ccccc21. The molecular formula is C16H23N. The molecular weight excluding hydrogens is 206 g/mol. The van der Waals surface area contributed by atoms with Gasteiger partial charge in [0.15, 0.2) is 0 Å². The Morgan fingerprint density at radius 1 is 1.47 bits per heavy atom. The van der Waals surface area contributed by atoms with Crippen LogP contribution in [-0.4, -0.2) is 12.6 Å². The van der Waals surface area contributed by atoms with Crippen LogP contribution >= 0.6 is 0 Å². The van der Waals surface area contributed by atoms with E-state index in [9.17, 15) is 0 Å². The third-order valence-corrected chi connectivity index (χ3v) is 3.77. The van der Waals surface area contributed by atoms with Crippen LogP contribution in [0.2, 0.25) is 0 Å². The van der Waals surface area contributed by atoms with Crippen LogP contribution < -0.4 is 5.32 Å². The van der Waals surface area contributed by atoms with Crippen molar-refractivity contribution in [3.05, 3.63) is 48.0 Å². The Bertz CT molecular complexity index is 370. The van der Waals surface area contributed by atoms with Gasteiger partial charge in [0.05, 0.1) is 0 Å². The summed E-state index contributed by atoms with van der Waals surface area (Å²) in [6.45, 7) is 7.06. The molecule has 1 aromatic rings. The maximum absolute atomic E-state index is 3.80. The van der Waals surface area contributed by atoms with E-state index in [1.54, 1.807) is 11.1 Å². The van der Waals surface area contributed by atoms with E-state index >= 15 is 0 Å². The van der Waals surface area contributed by atoms with Gasteiger partial charge in [-0.2, -0.15) is 0 Å². The van der Waals surface area contributed by atoms with Crippen LogP contribution in [0.3, 0.4) is 0 Å². The minimum absolute atomic E-state index is 0.648. The maximum Gasteiger partial charge on any atom is 0.0139 e. The predicted octanol–water partition coefficient (Wildman–Crippen LogP) is 3.66. The standard InChI is InChI=1S/C16H23N/c1-3-5-6-11-16(17-4-2)15-12-13-9-7-8-10-14(13)15/h3,7-10,15-17H,1,4-6,11-12H2,2H3. The van der Waals surface area contributed by atoms with E-state index in [2.05, 4.69) is 43.1 Å². The summed E-state index contributed by atoms with van der Waals surface area (Å²) in [5.74, 6) is 0.732. The van der Waals surface area contributed by atoms with Gasteiger partial charge in [-0.15, -0.1) is 6.58 Å². The largest absolute Gasteiger partial charge is 0.314 e. The second kappa shape index (κ2) is 6.02. The number of rotatable bonds is 7. The Kier molecular flexibility index (Phi) is 4.38. The van der Waals surface area contributed by atoms with E-state index in [1.807, 2.05) is 6.08 Å². The van der Waals surface area contributed by atoms with Gasteiger partial charge in [-0.1, -0.05) is 37.3 Å². The third kappa shape index (κ3) is 2.78. The molecule has 1 N–H and O–H groups in total. The first-order valence-electron chi connectivity index (χ1n) is 6.79. The van der Waals surface area contributed by atoms with Crippen molar-refractivity contribution < 1.29 is 0 Å². The lowest BCUT2D eigenvalue weighted by molar-refractivity contribution is 0.379. The number of likely N-dealkylation sites (N-methyl/N-ethyl adjacent to an activating group) is 1. The van der Waals surface area contributed by atoms with Crippen molar-refractivity contribution in [2.75, 3.05) is 6.54 Å². The topological polar surface area (TPSA) is 12.0 Å². The van der Waals surface area contributed by atoms with E-state index < -0.39 is 0 Å². The predicted molar refractivity (Wildman–Crippen MR) is 74.4 cm³/mol. The van der Waals surface area contributed by atoms with Crippen LogP contribution in [0.4, 0.5) is 0 Å². The molecule has 1 nitrogen and oxygen atoms in total. The van der Waals surface area contributed by atoms with Crippen LogP contribution in [0.15, 0.2) is 36.9 Å². The van der Waals surface area contributed by atoms with Crippen LogP contribution in [0.5, 0.6) is 0 Å². The summed E-state index contributed by atoms with van der Waals surface area (Å²) in [6, 6.07) is 9.52. The number of unbranched alkanes of at least 4 members (excludes halogenated alkanes) is 1. The highest BCUT2D eigenvalue weighted by Crippen LogP contribution is 2.38. The summed E-state index contributed by atoms with van der Waals surface area (Å²) in [5, 5.41) is 3.65. The zero-order chi connectivity index (χ0) is 12.1. The maximum atomic E-state index is 3.80. The number of nitrogens with one attached hydrogen (secondary N) is 1. The van der Waals surface area contributed by atoms with Gasteiger partial charge in [0.2, 0.25) is 0 Å². The highest BCUT2D eigenvalue weighted by Gasteiger charge is 2.31. The molecule has 2 rings (SSSR count). The molecule has 1 heteroatoms. The molecule has 0 spiro atoms. The van der Waals surface area contributed by atoms with Crippen molar-refractivity contribution in [2.24, 2.45) is 0 Å². The molecule has 1 aromatic carbocycles. The Hall–Kier alpha value is -1.08. The molecule has 0 saturated carbocycles. The molecule has 17 heavy (non-hydrogen) atoms. The van der Waals surface area contributed by atoms with Gasteiger partial charge in [-0.3, -0.25) is 0 Å². The normalized spacial score (nSPS) is 19.2. The van der Waals surface area contributed by atoms with Crippen LogP contribution in [0, 0.1) is 0 Å². The zero-order valence-electron chi connectivity index (χ0n) is 10.8. The van der Waals surface area contributed by atoms with Crippen molar-refractivity contribution in [3.8, 4) is 0 Å². The van der Waals surface area contributed by atoms with Gasteiger partial charge in [0.1, 0.15) is 0 Å². The summed E-state index contributed by atoms with van der Waals surface area (Å²) >= 11 is 0. The Balaban J connectivity index is 1.96. The van der Waals surface area contributed by atoms with E-state index in [0.717, 1.165) is 18.9 Å². The first kappa shape index (κ1) is 12.4. The summed E-state index contributed by atoms with van der Waals surface area (Å²) in [5.41, 5.74) is 3.11. The quantitative estimate of drug-likeness (QED) is 0.556. The lowest BCUT2D eigenvalue weighted by atomic mass is 9.72. The monoisotopic (exact) mass is 229 g/mol. The summed E-state index contributed by atoms with van der Waals surface area (Å²) in [4.78, 5) is 0. The summed E-state index contributed by atoms with van der Waals surface area (Å²) < 4.78 is 0. The third-order valence-electron chi connectivity index (χ3n) is 3.77. The highest BCUT2D eigenvalue weighted by atomic mass is 14.9. The van der Waals surface area contributed by atoms with Crippen molar-refractivity contribution in [1.29, 1.82) is 0 Å². The second-order valence-electron chi connectivity index (χ2n) is 4.89. The highest BCUT2D eigenvalue weighted by molar-refractivity contribution is 5.41. The fourth-order valence-corrected chi connectivity index (χ4v) is 2.85. The molecule has 0 amide bonds.